The Morgan fingerprint density at radius 3 is 2.67 bits per heavy atom. The van der Waals surface area contributed by atoms with Gasteiger partial charge in [0.1, 0.15) is 0 Å². The second kappa shape index (κ2) is 9.31. The molecule has 2 aromatic heterocycles. The van der Waals surface area contributed by atoms with E-state index in [0.717, 1.165) is 21.6 Å². The Kier molecular flexibility index (Phi) is 6.54. The van der Waals surface area contributed by atoms with Gasteiger partial charge in [-0.15, -0.1) is 11.3 Å². The molecular weight excluding hydrogens is 410 g/mol. The predicted molar refractivity (Wildman–Crippen MR) is 130 cm³/mol. The van der Waals surface area contributed by atoms with Crippen LogP contribution in [0.5, 0.6) is 0 Å². The molecule has 0 bridgehead atoms. The molecule has 1 fully saturated rings. The maximum absolute atomic E-state index is 12.8. The molecular formula is C24H29N3OS2. The summed E-state index contributed by atoms with van der Waals surface area (Å²) in [6.45, 7) is 5.38. The van der Waals surface area contributed by atoms with Crippen molar-refractivity contribution in [2.45, 2.75) is 65.1 Å². The number of rotatable bonds is 5. The smallest absolute Gasteiger partial charge is 0.253 e. The van der Waals surface area contributed by atoms with Crippen molar-refractivity contribution in [3.63, 3.8) is 0 Å². The molecule has 30 heavy (non-hydrogen) atoms. The fourth-order valence-electron chi connectivity index (χ4n) is 4.15. The number of hydrogen-bond acceptors (Lipinski definition) is 3. The van der Waals surface area contributed by atoms with E-state index >= 15 is 0 Å². The number of benzene rings is 1. The van der Waals surface area contributed by atoms with Crippen LogP contribution in [0, 0.1) is 13.8 Å². The SMILES string of the molecule is Cc1cc2cc(CN(Cc3cccs3)C(=S)NC3CCCCC3)c(=O)[nH]c2cc1C. The minimum atomic E-state index is -0.0394. The van der Waals surface area contributed by atoms with Crippen LogP contribution in [0.25, 0.3) is 10.9 Å². The van der Waals surface area contributed by atoms with E-state index in [9.17, 15) is 4.79 Å². The van der Waals surface area contributed by atoms with Gasteiger partial charge in [-0.2, -0.15) is 0 Å². The van der Waals surface area contributed by atoms with E-state index in [1.165, 1.54) is 48.1 Å². The Bertz CT molecular complexity index is 1080. The second-order valence-electron chi connectivity index (χ2n) is 8.37. The first kappa shape index (κ1) is 21.1. The molecule has 0 amide bonds. The maximum Gasteiger partial charge on any atom is 0.253 e. The van der Waals surface area contributed by atoms with Crippen molar-refractivity contribution in [1.29, 1.82) is 0 Å². The molecule has 0 atom stereocenters. The molecule has 0 spiro atoms. The summed E-state index contributed by atoms with van der Waals surface area (Å²) in [6, 6.07) is 10.8. The summed E-state index contributed by atoms with van der Waals surface area (Å²) in [6.07, 6.45) is 6.17. The number of aromatic amines is 1. The van der Waals surface area contributed by atoms with Crippen LogP contribution in [0.15, 0.2) is 40.5 Å². The molecule has 0 saturated heterocycles. The number of aromatic nitrogens is 1. The standard InChI is InChI=1S/C24H29N3OS2/c1-16-11-18-13-19(23(28)26-22(18)12-17(16)2)14-27(15-21-9-6-10-30-21)24(29)25-20-7-4-3-5-8-20/h6,9-13,20H,3-5,7-8,14-15H2,1-2H3,(H,25,29)(H,26,28). The Balaban J connectivity index is 1.60. The molecule has 1 aliphatic carbocycles. The third-order valence-electron chi connectivity index (χ3n) is 6.04. The number of thiophene rings is 1. The first-order valence-electron chi connectivity index (χ1n) is 10.7. The molecule has 158 valence electrons. The first-order chi connectivity index (χ1) is 14.5. The van der Waals surface area contributed by atoms with Crippen LogP contribution in [0.4, 0.5) is 0 Å². The highest BCUT2D eigenvalue weighted by atomic mass is 32.1. The number of nitrogens with zero attached hydrogens (tertiary/aromatic N) is 1. The van der Waals surface area contributed by atoms with E-state index < -0.39 is 0 Å². The number of pyridine rings is 1. The molecule has 4 rings (SSSR count). The van der Waals surface area contributed by atoms with E-state index in [0.29, 0.717) is 19.1 Å². The average Bonchev–Trinajstić information content (AvgIpc) is 3.23. The number of thiocarbonyl (C=S) groups is 1. The van der Waals surface area contributed by atoms with Crippen molar-refractivity contribution in [2.24, 2.45) is 0 Å². The number of H-pyrrole nitrogens is 1. The molecule has 2 N–H and O–H groups in total. The largest absolute Gasteiger partial charge is 0.360 e. The molecule has 1 aliphatic rings. The summed E-state index contributed by atoms with van der Waals surface area (Å²) in [5, 5.41) is 7.47. The topological polar surface area (TPSA) is 48.1 Å². The van der Waals surface area contributed by atoms with Gasteiger partial charge in [-0.3, -0.25) is 4.79 Å². The van der Waals surface area contributed by atoms with Crippen LogP contribution in [0.2, 0.25) is 0 Å². The Labute approximate surface area is 187 Å². The minimum Gasteiger partial charge on any atom is -0.360 e. The fraction of sp³-hybridized carbons (Fsp3) is 0.417. The van der Waals surface area contributed by atoms with Crippen LogP contribution < -0.4 is 10.9 Å². The van der Waals surface area contributed by atoms with E-state index in [4.69, 9.17) is 12.2 Å². The lowest BCUT2D eigenvalue weighted by Gasteiger charge is -2.30. The van der Waals surface area contributed by atoms with E-state index in [-0.39, 0.29) is 5.56 Å². The molecule has 2 heterocycles. The van der Waals surface area contributed by atoms with Gasteiger partial charge in [0.2, 0.25) is 0 Å². The summed E-state index contributed by atoms with van der Waals surface area (Å²) in [4.78, 5) is 19.3. The highest BCUT2D eigenvalue weighted by Crippen LogP contribution is 2.21. The lowest BCUT2D eigenvalue weighted by Crippen LogP contribution is -2.45. The Morgan fingerprint density at radius 2 is 1.93 bits per heavy atom. The van der Waals surface area contributed by atoms with Crippen molar-refractivity contribution in [1.82, 2.24) is 15.2 Å². The van der Waals surface area contributed by atoms with Gasteiger partial charge in [-0.05, 0) is 85.1 Å². The number of fused-ring (bicyclic) bond motifs is 1. The summed E-state index contributed by atoms with van der Waals surface area (Å²) in [5.41, 5.74) is 4.01. The van der Waals surface area contributed by atoms with Gasteiger partial charge in [-0.25, -0.2) is 0 Å². The predicted octanol–water partition coefficient (Wildman–Crippen LogP) is 5.42. The van der Waals surface area contributed by atoms with Crippen molar-refractivity contribution in [2.75, 3.05) is 0 Å². The maximum atomic E-state index is 12.8. The number of aryl methyl sites for hydroxylation is 2. The van der Waals surface area contributed by atoms with Crippen molar-refractivity contribution in [3.8, 4) is 0 Å². The van der Waals surface area contributed by atoms with Crippen LogP contribution in [0.1, 0.15) is 53.7 Å². The van der Waals surface area contributed by atoms with Gasteiger partial charge in [-0.1, -0.05) is 25.3 Å². The first-order valence-corrected chi connectivity index (χ1v) is 12.0. The van der Waals surface area contributed by atoms with Crippen LogP contribution >= 0.6 is 23.6 Å². The van der Waals surface area contributed by atoms with Gasteiger partial charge in [0.05, 0.1) is 13.1 Å². The van der Waals surface area contributed by atoms with E-state index in [1.807, 2.05) is 6.07 Å². The van der Waals surface area contributed by atoms with E-state index in [2.05, 4.69) is 58.7 Å². The summed E-state index contributed by atoms with van der Waals surface area (Å²) in [7, 11) is 0. The normalized spacial score (nSPS) is 14.7. The van der Waals surface area contributed by atoms with Gasteiger partial charge in [0, 0.05) is 22.0 Å². The van der Waals surface area contributed by atoms with Crippen LogP contribution in [-0.2, 0) is 13.1 Å². The molecule has 1 saturated carbocycles. The van der Waals surface area contributed by atoms with Crippen molar-refractivity contribution < 1.29 is 0 Å². The number of hydrogen-bond donors (Lipinski definition) is 2. The highest BCUT2D eigenvalue weighted by Gasteiger charge is 2.19. The molecule has 4 nitrogen and oxygen atoms in total. The van der Waals surface area contributed by atoms with Gasteiger partial charge >= 0.3 is 0 Å². The lowest BCUT2D eigenvalue weighted by atomic mass is 9.96. The summed E-state index contributed by atoms with van der Waals surface area (Å²) >= 11 is 7.53. The Morgan fingerprint density at radius 1 is 1.17 bits per heavy atom. The van der Waals surface area contributed by atoms with E-state index in [1.54, 1.807) is 11.3 Å². The summed E-state index contributed by atoms with van der Waals surface area (Å²) in [5.74, 6) is 0. The fourth-order valence-corrected chi connectivity index (χ4v) is 5.16. The lowest BCUT2D eigenvalue weighted by molar-refractivity contribution is 0.364. The summed E-state index contributed by atoms with van der Waals surface area (Å²) < 4.78 is 0. The molecule has 6 heteroatoms. The van der Waals surface area contributed by atoms with Gasteiger partial charge in [0.15, 0.2) is 5.11 Å². The minimum absolute atomic E-state index is 0.0394. The molecule has 3 aromatic rings. The van der Waals surface area contributed by atoms with Crippen molar-refractivity contribution in [3.05, 3.63) is 67.6 Å². The van der Waals surface area contributed by atoms with Crippen LogP contribution in [-0.4, -0.2) is 21.0 Å². The molecule has 0 unspecified atom stereocenters. The molecule has 1 aromatic carbocycles. The highest BCUT2D eigenvalue weighted by molar-refractivity contribution is 7.80. The van der Waals surface area contributed by atoms with Gasteiger partial charge in [0.25, 0.3) is 5.56 Å². The quantitative estimate of drug-likeness (QED) is 0.522. The zero-order valence-corrected chi connectivity index (χ0v) is 19.3. The second-order valence-corrected chi connectivity index (χ2v) is 9.79. The Hall–Kier alpha value is -2.18. The van der Waals surface area contributed by atoms with Crippen molar-refractivity contribution >= 4 is 39.6 Å². The third-order valence-corrected chi connectivity index (χ3v) is 7.28. The third kappa shape index (κ3) is 4.93. The average molecular weight is 440 g/mol. The molecule has 0 aliphatic heterocycles. The number of nitrogens with one attached hydrogen (secondary N) is 2. The van der Waals surface area contributed by atoms with Crippen LogP contribution in [0.3, 0.4) is 0 Å². The molecule has 0 radical (unpaired) electrons. The zero-order valence-electron chi connectivity index (χ0n) is 17.7. The van der Waals surface area contributed by atoms with Gasteiger partial charge < -0.3 is 15.2 Å². The zero-order chi connectivity index (χ0) is 21.1. The monoisotopic (exact) mass is 439 g/mol.